The molecule has 0 bridgehead atoms. The Hall–Kier alpha value is -2.36. The van der Waals surface area contributed by atoms with Gasteiger partial charge >= 0.3 is 0 Å². The molecule has 1 saturated heterocycles. The summed E-state index contributed by atoms with van der Waals surface area (Å²) in [6.07, 6.45) is 0. The minimum absolute atomic E-state index is 0.114. The van der Waals surface area contributed by atoms with Crippen molar-refractivity contribution in [2.75, 3.05) is 59.7 Å². The molecule has 1 fully saturated rings. The summed E-state index contributed by atoms with van der Waals surface area (Å²) in [6.45, 7) is 6.82. The van der Waals surface area contributed by atoms with E-state index in [0.717, 1.165) is 50.3 Å². The van der Waals surface area contributed by atoms with Crippen LogP contribution in [0.4, 0.5) is 0 Å². The standard InChI is InChI=1S/C20H26N4O4S/c1-21-20(29)24(3-2-23-4-6-26-7-5-23)13-15-10-14-11-17-18(28-9-8-27-17)12-16(14)22-19(15)25/h10-12H,2-9,13H2,1H3,(H,21,29)(H,22,25)/p+1. The van der Waals surface area contributed by atoms with Crippen molar-refractivity contribution in [2.24, 2.45) is 0 Å². The Labute approximate surface area is 174 Å². The third kappa shape index (κ3) is 4.63. The Morgan fingerprint density at radius 1 is 1.17 bits per heavy atom. The minimum atomic E-state index is -0.114. The summed E-state index contributed by atoms with van der Waals surface area (Å²) < 4.78 is 16.7. The molecule has 2 aliphatic rings. The van der Waals surface area contributed by atoms with Gasteiger partial charge in [-0.15, -0.1) is 0 Å². The zero-order valence-electron chi connectivity index (χ0n) is 16.6. The number of H-pyrrole nitrogens is 1. The number of aromatic amines is 1. The molecule has 0 spiro atoms. The fourth-order valence-electron chi connectivity index (χ4n) is 3.72. The summed E-state index contributed by atoms with van der Waals surface area (Å²) >= 11 is 5.49. The largest absolute Gasteiger partial charge is 0.486 e. The van der Waals surface area contributed by atoms with E-state index < -0.39 is 0 Å². The van der Waals surface area contributed by atoms with Crippen LogP contribution in [0.3, 0.4) is 0 Å². The molecule has 1 aromatic carbocycles. The second kappa shape index (κ2) is 8.98. The average Bonchev–Trinajstić information content (AvgIpc) is 2.75. The number of aromatic nitrogens is 1. The van der Waals surface area contributed by atoms with Gasteiger partial charge in [0, 0.05) is 24.1 Å². The van der Waals surface area contributed by atoms with Gasteiger partial charge < -0.3 is 34.3 Å². The van der Waals surface area contributed by atoms with Crippen LogP contribution >= 0.6 is 12.2 Å². The molecule has 3 heterocycles. The van der Waals surface area contributed by atoms with Gasteiger partial charge in [-0.05, 0) is 24.4 Å². The fourth-order valence-corrected chi connectivity index (χ4v) is 3.88. The van der Waals surface area contributed by atoms with Crippen LogP contribution in [0.15, 0.2) is 23.0 Å². The molecule has 29 heavy (non-hydrogen) atoms. The molecule has 0 saturated carbocycles. The third-order valence-corrected chi connectivity index (χ3v) is 5.84. The summed E-state index contributed by atoms with van der Waals surface area (Å²) in [5, 5.41) is 4.60. The van der Waals surface area contributed by atoms with Crippen molar-refractivity contribution < 1.29 is 19.1 Å². The molecule has 156 valence electrons. The van der Waals surface area contributed by atoms with E-state index in [1.165, 1.54) is 4.90 Å². The lowest BCUT2D eigenvalue weighted by atomic mass is 10.1. The van der Waals surface area contributed by atoms with Gasteiger partial charge in [-0.2, -0.15) is 0 Å². The Morgan fingerprint density at radius 2 is 1.90 bits per heavy atom. The number of nitrogens with one attached hydrogen (secondary N) is 3. The van der Waals surface area contributed by atoms with Gasteiger partial charge in [0.15, 0.2) is 16.6 Å². The smallest absolute Gasteiger partial charge is 0.253 e. The maximum Gasteiger partial charge on any atom is 0.253 e. The second-order valence-corrected chi connectivity index (χ2v) is 7.68. The Kier molecular flexibility index (Phi) is 6.17. The van der Waals surface area contributed by atoms with Crippen LogP contribution in [0.5, 0.6) is 11.5 Å². The summed E-state index contributed by atoms with van der Waals surface area (Å²) in [5.74, 6) is 1.37. The monoisotopic (exact) mass is 419 g/mol. The van der Waals surface area contributed by atoms with Gasteiger partial charge in [-0.1, -0.05) is 0 Å². The first kappa shape index (κ1) is 19.9. The first-order valence-electron chi connectivity index (χ1n) is 9.97. The van der Waals surface area contributed by atoms with E-state index in [0.29, 0.717) is 41.9 Å². The number of benzene rings is 1. The molecule has 8 nitrogen and oxygen atoms in total. The van der Waals surface area contributed by atoms with Crippen molar-refractivity contribution in [3.8, 4) is 11.5 Å². The number of hydrogen-bond acceptors (Lipinski definition) is 5. The number of rotatable bonds is 5. The van der Waals surface area contributed by atoms with Crippen LogP contribution in [0.25, 0.3) is 10.9 Å². The molecule has 0 atom stereocenters. The van der Waals surface area contributed by atoms with Crippen molar-refractivity contribution >= 4 is 28.2 Å². The molecular formula is C20H27N4O4S+. The van der Waals surface area contributed by atoms with Crippen LogP contribution in [-0.4, -0.2) is 74.7 Å². The summed E-state index contributed by atoms with van der Waals surface area (Å²) in [5.41, 5.74) is 1.30. The van der Waals surface area contributed by atoms with Gasteiger partial charge in [0.2, 0.25) is 0 Å². The lowest BCUT2D eigenvalue weighted by Gasteiger charge is -2.29. The van der Waals surface area contributed by atoms with Crippen LogP contribution in [0, 0.1) is 0 Å². The van der Waals surface area contributed by atoms with Crippen LogP contribution in [-0.2, 0) is 11.3 Å². The first-order chi connectivity index (χ1) is 14.1. The molecule has 0 amide bonds. The Balaban J connectivity index is 1.54. The number of hydrogen-bond donors (Lipinski definition) is 3. The number of quaternary nitrogens is 1. The normalized spacial score (nSPS) is 16.6. The lowest BCUT2D eigenvalue weighted by molar-refractivity contribution is -0.907. The molecule has 3 N–H and O–H groups in total. The van der Waals surface area contributed by atoms with Crippen LogP contribution in [0.2, 0.25) is 0 Å². The maximum absolute atomic E-state index is 12.7. The number of fused-ring (bicyclic) bond motifs is 2. The molecule has 2 aromatic rings. The van der Waals surface area contributed by atoms with Crippen LogP contribution in [0.1, 0.15) is 5.56 Å². The Morgan fingerprint density at radius 3 is 2.62 bits per heavy atom. The van der Waals surface area contributed by atoms with E-state index in [-0.39, 0.29) is 5.56 Å². The van der Waals surface area contributed by atoms with Crippen molar-refractivity contribution in [1.82, 2.24) is 15.2 Å². The topological polar surface area (TPSA) is 80.3 Å². The van der Waals surface area contributed by atoms with Crippen molar-refractivity contribution in [1.29, 1.82) is 0 Å². The third-order valence-electron chi connectivity index (χ3n) is 5.38. The highest BCUT2D eigenvalue weighted by atomic mass is 32.1. The number of morpholine rings is 1. The summed E-state index contributed by atoms with van der Waals surface area (Å²) in [6, 6.07) is 5.66. The van der Waals surface area contributed by atoms with Gasteiger partial charge in [0.25, 0.3) is 5.56 Å². The van der Waals surface area contributed by atoms with Crippen molar-refractivity contribution in [3.05, 3.63) is 34.1 Å². The predicted molar refractivity (Wildman–Crippen MR) is 114 cm³/mol. The number of thiocarbonyl (C=S) groups is 1. The Bertz CT molecular complexity index is 942. The maximum atomic E-state index is 12.7. The molecule has 4 rings (SSSR count). The zero-order valence-corrected chi connectivity index (χ0v) is 17.4. The molecule has 0 radical (unpaired) electrons. The lowest BCUT2D eigenvalue weighted by Crippen LogP contribution is -3.14. The molecule has 0 unspecified atom stereocenters. The fraction of sp³-hybridized carbons (Fsp3) is 0.500. The molecular weight excluding hydrogens is 392 g/mol. The van der Waals surface area contributed by atoms with Crippen molar-refractivity contribution in [2.45, 2.75) is 6.54 Å². The van der Waals surface area contributed by atoms with Gasteiger partial charge in [0.05, 0.1) is 38.4 Å². The van der Waals surface area contributed by atoms with E-state index in [2.05, 4.69) is 10.3 Å². The van der Waals surface area contributed by atoms with E-state index in [9.17, 15) is 4.79 Å². The van der Waals surface area contributed by atoms with Gasteiger partial charge in [-0.3, -0.25) is 4.79 Å². The zero-order chi connectivity index (χ0) is 20.2. The number of ether oxygens (including phenoxy) is 3. The average molecular weight is 420 g/mol. The van der Waals surface area contributed by atoms with E-state index in [4.69, 9.17) is 26.4 Å². The van der Waals surface area contributed by atoms with Gasteiger partial charge in [0.1, 0.15) is 26.3 Å². The number of nitrogens with zero attached hydrogens (tertiary/aromatic N) is 1. The van der Waals surface area contributed by atoms with Gasteiger partial charge in [-0.25, -0.2) is 0 Å². The summed E-state index contributed by atoms with van der Waals surface area (Å²) in [4.78, 5) is 19.2. The number of pyridine rings is 1. The predicted octanol–water partition coefficient (Wildman–Crippen LogP) is -0.479. The quantitative estimate of drug-likeness (QED) is 0.565. The second-order valence-electron chi connectivity index (χ2n) is 7.30. The van der Waals surface area contributed by atoms with E-state index in [1.807, 2.05) is 30.1 Å². The molecule has 1 aromatic heterocycles. The van der Waals surface area contributed by atoms with Crippen molar-refractivity contribution in [3.63, 3.8) is 0 Å². The molecule has 9 heteroatoms. The minimum Gasteiger partial charge on any atom is -0.486 e. The summed E-state index contributed by atoms with van der Waals surface area (Å²) in [7, 11) is 1.81. The van der Waals surface area contributed by atoms with Crippen LogP contribution < -0.4 is 25.2 Å². The first-order valence-corrected chi connectivity index (χ1v) is 10.4. The van der Waals surface area contributed by atoms with E-state index in [1.54, 1.807) is 0 Å². The highest BCUT2D eigenvalue weighted by Crippen LogP contribution is 2.33. The molecule has 2 aliphatic heterocycles. The van der Waals surface area contributed by atoms with E-state index >= 15 is 0 Å². The SMILES string of the molecule is CNC(=S)N(CC[NH+]1CCOCC1)Cc1cc2cc3c(cc2[nH]c1=O)OCCO3. The highest BCUT2D eigenvalue weighted by molar-refractivity contribution is 7.80. The molecule has 0 aliphatic carbocycles. The highest BCUT2D eigenvalue weighted by Gasteiger charge is 2.19.